The van der Waals surface area contributed by atoms with Crippen molar-refractivity contribution < 1.29 is 9.90 Å². The Kier molecular flexibility index (Phi) is 3.19. The molecule has 0 radical (unpaired) electrons. The molecule has 5 nitrogen and oxygen atoms in total. The lowest BCUT2D eigenvalue weighted by atomic mass is 9.90. The molecular weight excluding hydrogens is 230 g/mol. The number of hydrogen-bond acceptors (Lipinski definition) is 3. The zero-order valence-electron chi connectivity index (χ0n) is 11.5. The highest BCUT2D eigenvalue weighted by molar-refractivity contribution is 5.74. The minimum Gasteiger partial charge on any atom is -0.481 e. The molecule has 0 aromatic carbocycles. The smallest absolute Gasteiger partial charge is 0.310 e. The highest BCUT2D eigenvalue weighted by Gasteiger charge is 2.40. The van der Waals surface area contributed by atoms with E-state index in [2.05, 4.69) is 16.9 Å². The lowest BCUT2D eigenvalue weighted by Gasteiger charge is -2.20. The SMILES string of the molecule is Cc1nn(C)c(C)c1CN1CCC(C)(C(=O)O)C1. The predicted octanol–water partition coefficient (Wildman–Crippen LogP) is 1.33. The lowest BCUT2D eigenvalue weighted by Crippen LogP contribution is -2.31. The summed E-state index contributed by atoms with van der Waals surface area (Å²) in [5.74, 6) is -0.690. The van der Waals surface area contributed by atoms with Crippen LogP contribution < -0.4 is 0 Å². The number of carbonyl (C=O) groups is 1. The van der Waals surface area contributed by atoms with Crippen LogP contribution in [0.5, 0.6) is 0 Å². The average Bonchev–Trinajstić information content (AvgIpc) is 2.77. The molecule has 2 heterocycles. The van der Waals surface area contributed by atoms with Crippen molar-refractivity contribution in [1.82, 2.24) is 14.7 Å². The zero-order valence-corrected chi connectivity index (χ0v) is 11.5. The number of carboxylic acid groups (broad SMARTS) is 1. The molecule has 18 heavy (non-hydrogen) atoms. The van der Waals surface area contributed by atoms with Crippen LogP contribution in [0.4, 0.5) is 0 Å². The van der Waals surface area contributed by atoms with Gasteiger partial charge in [-0.1, -0.05) is 0 Å². The van der Waals surface area contributed by atoms with Crippen LogP contribution in [0.1, 0.15) is 30.3 Å². The Labute approximate surface area is 107 Å². The molecule has 1 N–H and O–H groups in total. The van der Waals surface area contributed by atoms with E-state index in [1.54, 1.807) is 0 Å². The molecule has 1 aliphatic heterocycles. The fraction of sp³-hybridized carbons (Fsp3) is 0.692. The standard InChI is InChI=1S/C13H21N3O2/c1-9-11(10(2)15(4)14-9)7-16-6-5-13(3,8-16)12(17)18/h5-8H2,1-4H3,(H,17,18). The third-order valence-electron chi connectivity index (χ3n) is 4.11. The number of nitrogens with zero attached hydrogens (tertiary/aromatic N) is 3. The highest BCUT2D eigenvalue weighted by atomic mass is 16.4. The predicted molar refractivity (Wildman–Crippen MR) is 68.3 cm³/mol. The summed E-state index contributed by atoms with van der Waals surface area (Å²) in [5.41, 5.74) is 2.84. The quantitative estimate of drug-likeness (QED) is 0.880. The fourth-order valence-corrected chi connectivity index (χ4v) is 2.64. The van der Waals surface area contributed by atoms with Gasteiger partial charge in [0, 0.05) is 31.4 Å². The van der Waals surface area contributed by atoms with Crippen molar-refractivity contribution in [2.75, 3.05) is 13.1 Å². The number of aromatic nitrogens is 2. The van der Waals surface area contributed by atoms with Gasteiger partial charge < -0.3 is 5.11 Å². The summed E-state index contributed by atoms with van der Waals surface area (Å²) in [4.78, 5) is 13.4. The second-order valence-corrected chi connectivity index (χ2v) is 5.60. The second kappa shape index (κ2) is 4.39. The van der Waals surface area contributed by atoms with Crippen molar-refractivity contribution in [2.24, 2.45) is 12.5 Å². The van der Waals surface area contributed by atoms with Crippen LogP contribution in [-0.4, -0.2) is 38.8 Å². The largest absolute Gasteiger partial charge is 0.481 e. The molecule has 1 aromatic heterocycles. The molecule has 1 saturated heterocycles. The van der Waals surface area contributed by atoms with Crippen molar-refractivity contribution in [3.8, 4) is 0 Å². The Morgan fingerprint density at radius 1 is 1.50 bits per heavy atom. The molecule has 1 atom stereocenters. The van der Waals surface area contributed by atoms with E-state index in [0.29, 0.717) is 6.54 Å². The van der Waals surface area contributed by atoms with Gasteiger partial charge in [0.05, 0.1) is 11.1 Å². The first kappa shape index (κ1) is 13.1. The van der Waals surface area contributed by atoms with Gasteiger partial charge in [-0.15, -0.1) is 0 Å². The van der Waals surface area contributed by atoms with E-state index in [-0.39, 0.29) is 0 Å². The van der Waals surface area contributed by atoms with Crippen LogP contribution in [0.2, 0.25) is 0 Å². The van der Waals surface area contributed by atoms with E-state index in [4.69, 9.17) is 0 Å². The Hall–Kier alpha value is -1.36. The number of likely N-dealkylation sites (tertiary alicyclic amines) is 1. The molecule has 0 aliphatic carbocycles. The van der Waals surface area contributed by atoms with Crippen LogP contribution in [0, 0.1) is 19.3 Å². The third-order valence-corrected chi connectivity index (χ3v) is 4.11. The summed E-state index contributed by atoms with van der Waals surface area (Å²) in [7, 11) is 1.94. The highest BCUT2D eigenvalue weighted by Crippen LogP contribution is 2.31. The number of hydrogen-bond donors (Lipinski definition) is 1. The molecule has 0 bridgehead atoms. The van der Waals surface area contributed by atoms with Crippen LogP contribution >= 0.6 is 0 Å². The maximum atomic E-state index is 11.2. The molecule has 5 heteroatoms. The van der Waals surface area contributed by atoms with Gasteiger partial charge in [0.25, 0.3) is 0 Å². The molecule has 2 rings (SSSR count). The Morgan fingerprint density at radius 3 is 2.61 bits per heavy atom. The number of carboxylic acids is 1. The van der Waals surface area contributed by atoms with Gasteiger partial charge in [0.1, 0.15) is 0 Å². The second-order valence-electron chi connectivity index (χ2n) is 5.60. The van der Waals surface area contributed by atoms with Gasteiger partial charge in [-0.05, 0) is 33.7 Å². The first-order chi connectivity index (χ1) is 8.33. The molecule has 0 saturated carbocycles. The summed E-state index contributed by atoms with van der Waals surface area (Å²) in [6.07, 6.45) is 0.723. The summed E-state index contributed by atoms with van der Waals surface area (Å²) in [6, 6.07) is 0. The maximum Gasteiger partial charge on any atom is 0.310 e. The number of aliphatic carboxylic acids is 1. The summed E-state index contributed by atoms with van der Waals surface area (Å²) >= 11 is 0. The van der Waals surface area contributed by atoms with Crippen LogP contribution in [0.25, 0.3) is 0 Å². The molecule has 1 unspecified atom stereocenters. The Bertz CT molecular complexity index is 481. The molecule has 100 valence electrons. The van der Waals surface area contributed by atoms with E-state index in [9.17, 15) is 9.90 Å². The van der Waals surface area contributed by atoms with Crippen LogP contribution in [0.15, 0.2) is 0 Å². The summed E-state index contributed by atoms with van der Waals surface area (Å²) in [6.45, 7) is 8.16. The Morgan fingerprint density at radius 2 is 2.17 bits per heavy atom. The van der Waals surface area contributed by atoms with Gasteiger partial charge in [0.2, 0.25) is 0 Å². The zero-order chi connectivity index (χ0) is 13.5. The minimum atomic E-state index is -0.690. The topological polar surface area (TPSA) is 58.4 Å². The minimum absolute atomic E-state index is 0.593. The molecular formula is C13H21N3O2. The molecule has 0 spiro atoms. The van der Waals surface area contributed by atoms with Crippen molar-refractivity contribution in [1.29, 1.82) is 0 Å². The van der Waals surface area contributed by atoms with Crippen LogP contribution in [0.3, 0.4) is 0 Å². The van der Waals surface area contributed by atoms with Gasteiger partial charge >= 0.3 is 5.97 Å². The first-order valence-electron chi connectivity index (χ1n) is 6.28. The summed E-state index contributed by atoms with van der Waals surface area (Å²) < 4.78 is 1.89. The van der Waals surface area contributed by atoms with Gasteiger partial charge in [-0.25, -0.2) is 0 Å². The summed E-state index contributed by atoms with van der Waals surface area (Å²) in [5, 5.41) is 13.6. The van der Waals surface area contributed by atoms with E-state index in [1.807, 2.05) is 25.6 Å². The molecule has 0 amide bonds. The van der Waals surface area contributed by atoms with E-state index in [0.717, 1.165) is 30.9 Å². The third kappa shape index (κ3) is 2.14. The normalized spacial score (nSPS) is 24.7. The van der Waals surface area contributed by atoms with Gasteiger partial charge in [-0.3, -0.25) is 14.4 Å². The monoisotopic (exact) mass is 251 g/mol. The maximum absolute atomic E-state index is 11.2. The van der Waals surface area contributed by atoms with E-state index < -0.39 is 11.4 Å². The van der Waals surface area contributed by atoms with Crippen LogP contribution in [-0.2, 0) is 18.4 Å². The number of rotatable bonds is 3. The Balaban J connectivity index is 2.10. The van der Waals surface area contributed by atoms with Crippen molar-refractivity contribution in [2.45, 2.75) is 33.7 Å². The van der Waals surface area contributed by atoms with Crippen molar-refractivity contribution in [3.63, 3.8) is 0 Å². The van der Waals surface area contributed by atoms with E-state index >= 15 is 0 Å². The van der Waals surface area contributed by atoms with Crippen molar-refractivity contribution in [3.05, 3.63) is 17.0 Å². The van der Waals surface area contributed by atoms with Crippen molar-refractivity contribution >= 4 is 5.97 Å². The van der Waals surface area contributed by atoms with E-state index in [1.165, 1.54) is 5.56 Å². The lowest BCUT2D eigenvalue weighted by molar-refractivity contribution is -0.147. The van der Waals surface area contributed by atoms with Gasteiger partial charge in [0.15, 0.2) is 0 Å². The number of aryl methyl sites for hydroxylation is 2. The van der Waals surface area contributed by atoms with Gasteiger partial charge in [-0.2, -0.15) is 5.10 Å². The average molecular weight is 251 g/mol. The fourth-order valence-electron chi connectivity index (χ4n) is 2.64. The molecule has 1 aliphatic rings. The molecule has 1 aromatic rings. The first-order valence-corrected chi connectivity index (χ1v) is 6.28. The molecule has 1 fully saturated rings.